The Morgan fingerprint density at radius 2 is 1.93 bits per heavy atom. The second-order valence-electron chi connectivity index (χ2n) is 4.14. The van der Waals surface area contributed by atoms with Gasteiger partial charge in [-0.3, -0.25) is 4.39 Å². The number of piperidine rings is 1. The fourth-order valence-electron chi connectivity index (χ4n) is 2.27. The van der Waals surface area contributed by atoms with Crippen LogP contribution in [0.25, 0.3) is 0 Å². The van der Waals surface area contributed by atoms with E-state index in [1.54, 1.807) is 0 Å². The normalized spacial score (nSPS) is 20.1. The van der Waals surface area contributed by atoms with Gasteiger partial charge in [-0.05, 0) is 37.6 Å². The second-order valence-corrected chi connectivity index (χ2v) is 4.55. The van der Waals surface area contributed by atoms with E-state index in [-0.39, 0.29) is 12.1 Å². The highest BCUT2D eigenvalue weighted by atomic mass is 35.5. The monoisotopic (exact) mass is 227 g/mol. The van der Waals surface area contributed by atoms with Crippen LogP contribution in [0.15, 0.2) is 24.3 Å². The van der Waals surface area contributed by atoms with Crippen LogP contribution in [0.4, 0.5) is 4.39 Å². The molecule has 0 bridgehead atoms. The molecule has 0 atom stereocenters. The van der Waals surface area contributed by atoms with Crippen molar-refractivity contribution in [1.82, 2.24) is 5.32 Å². The largest absolute Gasteiger partial charge is 0.317 e. The molecule has 1 fully saturated rings. The summed E-state index contributed by atoms with van der Waals surface area (Å²) in [5.41, 5.74) is 0.611. The van der Waals surface area contributed by atoms with Crippen molar-refractivity contribution in [2.45, 2.75) is 18.3 Å². The average molecular weight is 228 g/mol. The maximum absolute atomic E-state index is 13.3. The molecule has 1 heterocycles. The molecular formula is C12H15ClFN. The van der Waals surface area contributed by atoms with Gasteiger partial charge in [-0.2, -0.15) is 0 Å². The lowest BCUT2D eigenvalue weighted by Gasteiger charge is -2.36. The third-order valence-corrected chi connectivity index (χ3v) is 3.59. The van der Waals surface area contributed by atoms with Gasteiger partial charge in [-0.25, -0.2) is 0 Å². The Bertz CT molecular complexity index is 334. The summed E-state index contributed by atoms with van der Waals surface area (Å²) in [7, 11) is 0. The molecule has 2 rings (SSSR count). The minimum atomic E-state index is -0.358. The summed E-state index contributed by atoms with van der Waals surface area (Å²) in [6.45, 7) is 1.42. The lowest BCUT2D eigenvalue weighted by atomic mass is 9.74. The van der Waals surface area contributed by atoms with Gasteiger partial charge in [0.15, 0.2) is 0 Å². The molecule has 0 unspecified atom stereocenters. The number of hydrogen-bond acceptors (Lipinski definition) is 1. The van der Waals surface area contributed by atoms with Gasteiger partial charge >= 0.3 is 0 Å². The molecule has 1 saturated heterocycles. The Morgan fingerprint density at radius 3 is 2.53 bits per heavy atom. The Balaban J connectivity index is 2.36. The number of halogens is 2. The molecule has 0 spiro atoms. The van der Waals surface area contributed by atoms with Gasteiger partial charge in [0, 0.05) is 10.4 Å². The molecule has 1 N–H and O–H groups in total. The lowest BCUT2D eigenvalue weighted by Crippen LogP contribution is -2.41. The van der Waals surface area contributed by atoms with Crippen molar-refractivity contribution in [3.05, 3.63) is 34.9 Å². The summed E-state index contributed by atoms with van der Waals surface area (Å²) in [4.78, 5) is 0. The van der Waals surface area contributed by atoms with Crippen LogP contribution in [0.1, 0.15) is 18.4 Å². The van der Waals surface area contributed by atoms with E-state index in [4.69, 9.17) is 11.6 Å². The maximum atomic E-state index is 13.3. The maximum Gasteiger partial charge on any atom is 0.0992 e. The minimum Gasteiger partial charge on any atom is -0.317 e. The average Bonchev–Trinajstić information content (AvgIpc) is 2.30. The van der Waals surface area contributed by atoms with E-state index in [0.29, 0.717) is 5.02 Å². The zero-order chi connectivity index (χ0) is 10.7. The third kappa shape index (κ3) is 2.01. The molecule has 1 aliphatic heterocycles. The molecule has 1 aliphatic rings. The smallest absolute Gasteiger partial charge is 0.0992 e. The summed E-state index contributed by atoms with van der Waals surface area (Å²) in [6.07, 6.45) is 1.65. The fraction of sp³-hybridized carbons (Fsp3) is 0.500. The molecule has 0 amide bonds. The molecule has 0 aliphatic carbocycles. The highest BCUT2D eigenvalue weighted by molar-refractivity contribution is 6.31. The first-order valence-electron chi connectivity index (χ1n) is 5.30. The Kier molecular flexibility index (Phi) is 3.27. The first-order valence-corrected chi connectivity index (χ1v) is 5.68. The van der Waals surface area contributed by atoms with Gasteiger partial charge in [-0.1, -0.05) is 29.8 Å². The molecule has 3 heteroatoms. The number of alkyl halides is 1. The predicted molar refractivity (Wildman–Crippen MR) is 61.2 cm³/mol. The van der Waals surface area contributed by atoms with Crippen LogP contribution in [0.3, 0.4) is 0 Å². The summed E-state index contributed by atoms with van der Waals surface area (Å²) in [5, 5.41) is 3.94. The van der Waals surface area contributed by atoms with Crippen LogP contribution in [0, 0.1) is 0 Å². The first kappa shape index (κ1) is 10.9. The van der Waals surface area contributed by atoms with E-state index >= 15 is 0 Å². The van der Waals surface area contributed by atoms with Gasteiger partial charge in [0.2, 0.25) is 0 Å². The van der Waals surface area contributed by atoms with Crippen molar-refractivity contribution in [2.24, 2.45) is 0 Å². The van der Waals surface area contributed by atoms with Crippen molar-refractivity contribution < 1.29 is 4.39 Å². The van der Waals surface area contributed by atoms with E-state index in [0.717, 1.165) is 31.5 Å². The first-order chi connectivity index (χ1) is 7.28. The van der Waals surface area contributed by atoms with Gasteiger partial charge in [0.25, 0.3) is 0 Å². The van der Waals surface area contributed by atoms with E-state index in [1.807, 2.05) is 24.3 Å². The van der Waals surface area contributed by atoms with Crippen LogP contribution >= 0.6 is 11.6 Å². The van der Waals surface area contributed by atoms with Gasteiger partial charge < -0.3 is 5.32 Å². The van der Waals surface area contributed by atoms with E-state index in [9.17, 15) is 4.39 Å². The molecule has 1 aromatic rings. The zero-order valence-electron chi connectivity index (χ0n) is 8.60. The molecule has 1 nitrogen and oxygen atoms in total. The van der Waals surface area contributed by atoms with Crippen molar-refractivity contribution >= 4 is 11.6 Å². The van der Waals surface area contributed by atoms with E-state index in [2.05, 4.69) is 5.32 Å². The van der Waals surface area contributed by atoms with Crippen LogP contribution in [0.5, 0.6) is 0 Å². The van der Waals surface area contributed by atoms with E-state index in [1.165, 1.54) is 0 Å². The van der Waals surface area contributed by atoms with Crippen LogP contribution in [0.2, 0.25) is 5.02 Å². The molecule has 0 aromatic heterocycles. The summed E-state index contributed by atoms with van der Waals surface area (Å²) in [6, 6.07) is 7.61. The van der Waals surface area contributed by atoms with Crippen molar-refractivity contribution in [1.29, 1.82) is 0 Å². The fourth-order valence-corrected chi connectivity index (χ4v) is 2.61. The van der Waals surface area contributed by atoms with Crippen LogP contribution in [-0.4, -0.2) is 19.8 Å². The van der Waals surface area contributed by atoms with Gasteiger partial charge in [0.05, 0.1) is 6.67 Å². The topological polar surface area (TPSA) is 12.0 Å². The standard InChI is InChI=1S/C12H15ClFN/c13-11-4-2-1-3-10(11)12(9-14)5-7-15-8-6-12/h1-4,15H,5-9H2. The van der Waals surface area contributed by atoms with Crippen LogP contribution < -0.4 is 5.32 Å². The minimum absolute atomic E-state index is 0.321. The summed E-state index contributed by atoms with van der Waals surface area (Å²) < 4.78 is 13.3. The van der Waals surface area contributed by atoms with Crippen LogP contribution in [-0.2, 0) is 5.41 Å². The SMILES string of the molecule is FCC1(c2ccccc2Cl)CCNCC1. The van der Waals surface area contributed by atoms with Crippen molar-refractivity contribution in [2.75, 3.05) is 19.8 Å². The van der Waals surface area contributed by atoms with Gasteiger partial charge in [-0.15, -0.1) is 0 Å². The Labute approximate surface area is 94.6 Å². The quantitative estimate of drug-likeness (QED) is 0.819. The van der Waals surface area contributed by atoms with E-state index < -0.39 is 0 Å². The van der Waals surface area contributed by atoms with Crippen molar-refractivity contribution in [3.63, 3.8) is 0 Å². The number of rotatable bonds is 2. The zero-order valence-corrected chi connectivity index (χ0v) is 9.36. The number of benzene rings is 1. The molecule has 0 radical (unpaired) electrons. The van der Waals surface area contributed by atoms with Gasteiger partial charge in [0.1, 0.15) is 0 Å². The second kappa shape index (κ2) is 4.50. The number of hydrogen-bond donors (Lipinski definition) is 1. The summed E-state index contributed by atoms with van der Waals surface area (Å²) in [5.74, 6) is 0. The predicted octanol–water partition coefficient (Wildman–Crippen LogP) is 2.93. The molecular weight excluding hydrogens is 213 g/mol. The highest BCUT2D eigenvalue weighted by Gasteiger charge is 2.35. The van der Waals surface area contributed by atoms with Crippen molar-refractivity contribution in [3.8, 4) is 0 Å². The number of nitrogens with one attached hydrogen (secondary N) is 1. The third-order valence-electron chi connectivity index (χ3n) is 3.26. The molecule has 15 heavy (non-hydrogen) atoms. The lowest BCUT2D eigenvalue weighted by molar-refractivity contribution is 0.237. The Hall–Kier alpha value is -0.600. The molecule has 0 saturated carbocycles. The molecule has 1 aromatic carbocycles. The molecule has 82 valence electrons. The Morgan fingerprint density at radius 1 is 1.27 bits per heavy atom. The summed E-state index contributed by atoms with van der Waals surface area (Å²) >= 11 is 6.14. The highest BCUT2D eigenvalue weighted by Crippen LogP contribution is 2.37.